The standard InChI is InChI=1S/C43H64BN5O11/c1-12-47-20-21-49(36(52)35(47)51)38(54)46-32(25-16-18-48(19-17-25)39(55)58-41(5,6)7)34(50)45-31(44-59-30-24-27-23-29(42(27,8)9)43(30,10)60-44)22-26-14-13-15-28(33(26)56-11)37(53)57-40(2,3)4/h13-15,25,27,29-32H,12,16-24H2,1-11H3,(H,45,50)(H,46,54)/t27-,29-,30+,31-,32?,43-/m0/s1. The molecule has 1 aromatic carbocycles. The molecule has 1 aromatic rings. The number of likely N-dealkylation sites (N-methyl/N-ethyl adjacent to an activating group) is 1. The van der Waals surface area contributed by atoms with E-state index in [9.17, 15) is 28.8 Å². The fourth-order valence-corrected chi connectivity index (χ4v) is 9.80. The van der Waals surface area contributed by atoms with Crippen molar-refractivity contribution in [2.45, 2.75) is 136 Å². The van der Waals surface area contributed by atoms with Gasteiger partial charge in [0.1, 0.15) is 28.6 Å². The van der Waals surface area contributed by atoms with Gasteiger partial charge in [0.25, 0.3) is 0 Å². The highest BCUT2D eigenvalue weighted by atomic mass is 16.7. The van der Waals surface area contributed by atoms with Crippen LogP contribution < -0.4 is 15.4 Å². The number of methoxy groups -OCH3 is 1. The molecule has 17 heteroatoms. The molecule has 3 aliphatic carbocycles. The summed E-state index contributed by atoms with van der Waals surface area (Å²) in [6, 6.07) is 3.10. The lowest BCUT2D eigenvalue weighted by molar-refractivity contribution is -0.199. The lowest BCUT2D eigenvalue weighted by atomic mass is 9.43. The third kappa shape index (κ3) is 9.12. The third-order valence-electron chi connectivity index (χ3n) is 13.1. The minimum atomic E-state index is -1.19. The van der Waals surface area contributed by atoms with E-state index in [4.69, 9.17) is 23.5 Å². The van der Waals surface area contributed by atoms with Crippen molar-refractivity contribution in [3.63, 3.8) is 0 Å². The molecule has 3 saturated carbocycles. The van der Waals surface area contributed by atoms with Gasteiger partial charge in [0.2, 0.25) is 5.91 Å². The van der Waals surface area contributed by atoms with Gasteiger partial charge in [-0.2, -0.15) is 0 Å². The van der Waals surface area contributed by atoms with Gasteiger partial charge < -0.3 is 44.0 Å². The molecular weight excluding hydrogens is 773 g/mol. The van der Waals surface area contributed by atoms with Crippen LogP contribution in [0.25, 0.3) is 0 Å². The normalized spacial score (nSPS) is 26.4. The average Bonchev–Trinajstić information content (AvgIpc) is 3.53. The Labute approximate surface area is 354 Å². The Balaban J connectivity index is 1.31. The van der Waals surface area contributed by atoms with E-state index in [-0.39, 0.29) is 61.3 Å². The summed E-state index contributed by atoms with van der Waals surface area (Å²) in [5, 5.41) is 5.98. The Hall–Kier alpha value is -4.38. The fourth-order valence-electron chi connectivity index (χ4n) is 9.80. The number of rotatable bonds is 10. The van der Waals surface area contributed by atoms with E-state index in [1.165, 1.54) is 12.0 Å². The maximum atomic E-state index is 14.9. The SMILES string of the molecule is CCN1CCN(C(=O)NC(C(=O)N[C@@H](Cc2cccc(C(=O)OC(C)(C)C)c2OC)B2O[C@@H]3C[C@@H]4C[C@@H](C4(C)C)[C@]3(C)O2)C2CCN(C(=O)OC(C)(C)C)CC2)C(=O)C1=O. The maximum absolute atomic E-state index is 14.9. The van der Waals surface area contributed by atoms with Crippen LogP contribution in [0.2, 0.25) is 0 Å². The monoisotopic (exact) mass is 837 g/mol. The van der Waals surface area contributed by atoms with Crippen LogP contribution >= 0.6 is 0 Å². The van der Waals surface area contributed by atoms with E-state index in [1.54, 1.807) is 71.6 Å². The molecule has 2 N–H and O–H groups in total. The molecule has 6 amide bonds. The van der Waals surface area contributed by atoms with Crippen molar-refractivity contribution in [1.82, 2.24) is 25.3 Å². The first-order chi connectivity index (χ1) is 28.0. The zero-order valence-corrected chi connectivity index (χ0v) is 37.2. The van der Waals surface area contributed by atoms with Crippen LogP contribution in [0.5, 0.6) is 5.75 Å². The van der Waals surface area contributed by atoms with Crippen molar-refractivity contribution < 1.29 is 52.3 Å². The molecule has 6 aliphatic rings. The summed E-state index contributed by atoms with van der Waals surface area (Å²) < 4.78 is 30.8. The number of hydrogen-bond donors (Lipinski definition) is 2. The summed E-state index contributed by atoms with van der Waals surface area (Å²) in [6.07, 6.45) is 1.91. The molecule has 2 bridgehead atoms. The van der Waals surface area contributed by atoms with E-state index in [0.717, 1.165) is 17.7 Å². The number of likely N-dealkylation sites (tertiary alicyclic amines) is 1. The molecular formula is C43H64BN5O11. The predicted molar refractivity (Wildman–Crippen MR) is 221 cm³/mol. The predicted octanol–water partition coefficient (Wildman–Crippen LogP) is 4.36. The number of para-hydroxylation sites is 1. The average molecular weight is 838 g/mol. The van der Waals surface area contributed by atoms with Crippen molar-refractivity contribution >= 4 is 42.9 Å². The Morgan fingerprint density at radius 1 is 0.917 bits per heavy atom. The third-order valence-corrected chi connectivity index (χ3v) is 13.1. The Bertz CT molecular complexity index is 1850. The summed E-state index contributed by atoms with van der Waals surface area (Å²) >= 11 is 0. The quantitative estimate of drug-likeness (QED) is 0.194. The maximum Gasteiger partial charge on any atom is 0.482 e. The molecule has 3 aliphatic heterocycles. The molecule has 3 heterocycles. The van der Waals surface area contributed by atoms with Gasteiger partial charge in [0.15, 0.2) is 0 Å². The summed E-state index contributed by atoms with van der Waals surface area (Å²) in [5.74, 6) is -3.22. The number of esters is 1. The van der Waals surface area contributed by atoms with E-state index < -0.39 is 77.6 Å². The number of urea groups is 1. The van der Waals surface area contributed by atoms with E-state index >= 15 is 0 Å². The van der Waals surface area contributed by atoms with E-state index in [1.807, 2.05) is 0 Å². The number of amides is 6. The van der Waals surface area contributed by atoms with Gasteiger partial charge in [0.05, 0.1) is 24.8 Å². The number of carbonyl (C=O) groups excluding carboxylic acids is 6. The molecule has 7 rings (SSSR count). The lowest BCUT2D eigenvalue weighted by Crippen LogP contribution is -2.65. The van der Waals surface area contributed by atoms with Gasteiger partial charge in [-0.25, -0.2) is 14.4 Å². The number of nitrogens with zero attached hydrogens (tertiary/aromatic N) is 3. The van der Waals surface area contributed by atoms with Gasteiger partial charge >= 0.3 is 37.0 Å². The van der Waals surface area contributed by atoms with Crippen molar-refractivity contribution in [2.75, 3.05) is 39.8 Å². The first-order valence-corrected chi connectivity index (χ1v) is 21.4. The Morgan fingerprint density at radius 2 is 1.58 bits per heavy atom. The minimum absolute atomic E-state index is 0.0334. The number of carbonyl (C=O) groups is 6. The van der Waals surface area contributed by atoms with Crippen LogP contribution in [0.1, 0.15) is 111 Å². The van der Waals surface area contributed by atoms with Crippen LogP contribution in [0.3, 0.4) is 0 Å². The van der Waals surface area contributed by atoms with Gasteiger partial charge in [-0.3, -0.25) is 19.3 Å². The van der Waals surface area contributed by atoms with Crippen molar-refractivity contribution in [1.29, 1.82) is 0 Å². The van der Waals surface area contributed by atoms with Crippen LogP contribution in [-0.2, 0) is 39.6 Å². The van der Waals surface area contributed by atoms with Gasteiger partial charge in [0, 0.05) is 32.7 Å². The highest BCUT2D eigenvalue weighted by Crippen LogP contribution is 2.65. The van der Waals surface area contributed by atoms with Crippen molar-refractivity contribution in [3.05, 3.63) is 29.3 Å². The van der Waals surface area contributed by atoms with Crippen LogP contribution in [0, 0.1) is 23.2 Å². The first-order valence-electron chi connectivity index (χ1n) is 21.4. The summed E-state index contributed by atoms with van der Waals surface area (Å²) in [6.45, 7) is 20.0. The molecule has 6 fully saturated rings. The Morgan fingerprint density at radius 3 is 2.18 bits per heavy atom. The second-order valence-corrected chi connectivity index (χ2v) is 19.7. The zero-order valence-electron chi connectivity index (χ0n) is 37.2. The topological polar surface area (TPSA) is 182 Å². The largest absolute Gasteiger partial charge is 0.496 e. The summed E-state index contributed by atoms with van der Waals surface area (Å²) in [5.41, 5.74) is -1.22. The highest BCUT2D eigenvalue weighted by Gasteiger charge is 2.68. The smallest absolute Gasteiger partial charge is 0.482 e. The molecule has 16 nitrogen and oxygen atoms in total. The molecule has 330 valence electrons. The zero-order chi connectivity index (χ0) is 44.1. The number of benzene rings is 1. The first kappa shape index (κ1) is 45.2. The van der Waals surface area contributed by atoms with Crippen LogP contribution in [-0.4, -0.2) is 132 Å². The molecule has 0 spiro atoms. The van der Waals surface area contributed by atoms with Gasteiger partial charge in [-0.1, -0.05) is 26.0 Å². The molecule has 0 aromatic heterocycles. The second kappa shape index (κ2) is 16.8. The number of ether oxygens (including phenoxy) is 3. The fraction of sp³-hybridized carbons (Fsp3) is 0.721. The highest BCUT2D eigenvalue weighted by molar-refractivity contribution is 6.48. The Kier molecular flexibility index (Phi) is 12.7. The van der Waals surface area contributed by atoms with Gasteiger partial charge in [-0.15, -0.1) is 0 Å². The molecule has 1 unspecified atom stereocenters. The molecule has 3 saturated heterocycles. The summed E-state index contributed by atoms with van der Waals surface area (Å²) in [7, 11) is 0.552. The van der Waals surface area contributed by atoms with Crippen LogP contribution in [0.15, 0.2) is 18.2 Å². The number of hydrogen-bond acceptors (Lipinski definition) is 11. The van der Waals surface area contributed by atoms with Crippen molar-refractivity contribution in [2.24, 2.45) is 23.2 Å². The number of piperazine rings is 1. The number of nitrogens with one attached hydrogen (secondary N) is 2. The lowest BCUT2D eigenvalue weighted by Gasteiger charge is -2.64. The van der Waals surface area contributed by atoms with E-state index in [2.05, 4.69) is 31.4 Å². The molecule has 60 heavy (non-hydrogen) atoms. The minimum Gasteiger partial charge on any atom is -0.496 e. The number of imide groups is 1. The van der Waals surface area contributed by atoms with Crippen molar-refractivity contribution in [3.8, 4) is 5.75 Å². The van der Waals surface area contributed by atoms with Crippen LogP contribution in [0.4, 0.5) is 9.59 Å². The number of piperidine rings is 1. The van der Waals surface area contributed by atoms with Gasteiger partial charge in [-0.05, 0) is 122 Å². The van der Waals surface area contributed by atoms with E-state index in [0.29, 0.717) is 30.9 Å². The molecule has 0 radical (unpaired) electrons. The molecule has 6 atom stereocenters. The summed E-state index contributed by atoms with van der Waals surface area (Å²) in [4.78, 5) is 84.9. The second-order valence-electron chi connectivity index (χ2n) is 19.7.